The van der Waals surface area contributed by atoms with Crippen molar-refractivity contribution in [3.63, 3.8) is 0 Å². The van der Waals surface area contributed by atoms with Crippen LogP contribution >= 0.6 is 0 Å². The second-order valence-corrected chi connectivity index (χ2v) is 7.21. The van der Waals surface area contributed by atoms with Gasteiger partial charge >= 0.3 is 0 Å². The van der Waals surface area contributed by atoms with E-state index >= 15 is 0 Å². The highest BCUT2D eigenvalue weighted by Gasteiger charge is 2.48. The topological polar surface area (TPSA) is 49.4 Å². The molecule has 0 aliphatic carbocycles. The Morgan fingerprint density at radius 3 is 2.00 bits per heavy atom. The maximum absolute atomic E-state index is 12.8. The summed E-state index contributed by atoms with van der Waals surface area (Å²) in [5, 5.41) is 2.93. The summed E-state index contributed by atoms with van der Waals surface area (Å²) in [7, 11) is 0. The molecule has 1 fully saturated rings. The number of hydrogen-bond donors (Lipinski definition) is 1. The molecule has 0 aromatic carbocycles. The van der Waals surface area contributed by atoms with E-state index in [0.29, 0.717) is 0 Å². The van der Waals surface area contributed by atoms with Gasteiger partial charge in [0.15, 0.2) is 0 Å². The van der Waals surface area contributed by atoms with Crippen molar-refractivity contribution >= 4 is 11.8 Å². The van der Waals surface area contributed by atoms with Crippen LogP contribution in [0.2, 0.25) is 0 Å². The minimum atomic E-state index is -0.387. The van der Waals surface area contributed by atoms with Crippen LogP contribution < -0.4 is 5.32 Å². The Morgan fingerprint density at radius 1 is 1.15 bits per heavy atom. The summed E-state index contributed by atoms with van der Waals surface area (Å²) >= 11 is 0. The summed E-state index contributed by atoms with van der Waals surface area (Å²) in [5.74, 6) is 0.181. The summed E-state index contributed by atoms with van der Waals surface area (Å²) in [6, 6.07) is -0.629. The van der Waals surface area contributed by atoms with Crippen molar-refractivity contribution in [2.24, 2.45) is 11.3 Å². The normalized spacial score (nSPS) is 24.6. The summed E-state index contributed by atoms with van der Waals surface area (Å²) in [6.07, 6.45) is 1.76. The maximum atomic E-state index is 12.8. The predicted octanol–water partition coefficient (Wildman–Crippen LogP) is 2.57. The second kappa shape index (κ2) is 6.15. The van der Waals surface area contributed by atoms with E-state index < -0.39 is 0 Å². The molecule has 4 nitrogen and oxygen atoms in total. The molecule has 2 unspecified atom stereocenters. The largest absolute Gasteiger partial charge is 0.342 e. The molecule has 1 heterocycles. The molecule has 1 aliphatic heterocycles. The fourth-order valence-electron chi connectivity index (χ4n) is 3.04. The molecule has 2 atom stereocenters. The van der Waals surface area contributed by atoms with Crippen molar-refractivity contribution in [2.45, 2.75) is 79.4 Å². The van der Waals surface area contributed by atoms with Crippen molar-refractivity contribution in [3.05, 3.63) is 0 Å². The molecule has 1 N–H and O–H groups in total. The van der Waals surface area contributed by atoms with Crippen LogP contribution in [0.4, 0.5) is 0 Å². The maximum Gasteiger partial charge on any atom is 0.246 e. The molecule has 20 heavy (non-hydrogen) atoms. The van der Waals surface area contributed by atoms with Crippen LogP contribution in [0.15, 0.2) is 0 Å². The van der Waals surface area contributed by atoms with E-state index in [1.165, 1.54) is 0 Å². The van der Waals surface area contributed by atoms with Gasteiger partial charge in [-0.05, 0) is 24.2 Å². The van der Waals surface area contributed by atoms with Crippen LogP contribution in [0.1, 0.15) is 61.3 Å². The van der Waals surface area contributed by atoms with Crippen LogP contribution in [-0.4, -0.2) is 34.8 Å². The molecule has 116 valence electrons. The summed E-state index contributed by atoms with van der Waals surface area (Å²) in [4.78, 5) is 27.2. The van der Waals surface area contributed by atoms with Gasteiger partial charge in [0.2, 0.25) is 11.8 Å². The van der Waals surface area contributed by atoms with Crippen LogP contribution in [0.5, 0.6) is 0 Å². The molecule has 2 amide bonds. The minimum absolute atomic E-state index is 0.0114. The van der Waals surface area contributed by atoms with E-state index in [2.05, 4.69) is 19.2 Å². The average molecular weight is 282 g/mol. The molecule has 0 saturated carbocycles. The van der Waals surface area contributed by atoms with Gasteiger partial charge in [-0.1, -0.05) is 48.5 Å². The molecule has 0 bridgehead atoms. The third-order valence-corrected chi connectivity index (χ3v) is 4.17. The monoisotopic (exact) mass is 282 g/mol. The zero-order chi connectivity index (χ0) is 15.7. The van der Waals surface area contributed by atoms with Gasteiger partial charge < -0.3 is 10.2 Å². The molecule has 0 spiro atoms. The molecule has 1 saturated heterocycles. The highest BCUT2D eigenvalue weighted by molar-refractivity contribution is 5.97. The standard InChI is InChI=1S/C16H30N2O2/c1-8-11(9-2)18-13(16(5,6)7)14(19)17-12(10(3)4)15(18)20/h10-13H,8-9H2,1-7H3,(H,17,19). The van der Waals surface area contributed by atoms with Gasteiger partial charge in [0.25, 0.3) is 0 Å². The average Bonchev–Trinajstić information content (AvgIpc) is 2.32. The van der Waals surface area contributed by atoms with E-state index in [1.807, 2.05) is 39.5 Å². The second-order valence-electron chi connectivity index (χ2n) is 7.21. The number of carbonyl (C=O) groups is 2. The van der Waals surface area contributed by atoms with E-state index in [4.69, 9.17) is 0 Å². The first-order valence-electron chi connectivity index (χ1n) is 7.77. The molecule has 1 aliphatic rings. The number of nitrogens with one attached hydrogen (secondary N) is 1. The molecular formula is C16H30N2O2. The summed E-state index contributed by atoms with van der Waals surface area (Å²) < 4.78 is 0. The van der Waals surface area contributed by atoms with E-state index in [-0.39, 0.29) is 41.3 Å². The van der Waals surface area contributed by atoms with Gasteiger partial charge in [0, 0.05) is 6.04 Å². The molecule has 0 aromatic rings. The Kier molecular flexibility index (Phi) is 5.22. The lowest BCUT2D eigenvalue weighted by atomic mass is 9.81. The highest BCUT2D eigenvalue weighted by atomic mass is 16.2. The number of piperazine rings is 1. The third kappa shape index (κ3) is 3.15. The van der Waals surface area contributed by atoms with Crippen molar-refractivity contribution in [2.75, 3.05) is 0 Å². The van der Waals surface area contributed by atoms with Gasteiger partial charge in [-0.15, -0.1) is 0 Å². The number of carbonyl (C=O) groups excluding carboxylic acids is 2. The zero-order valence-electron chi connectivity index (χ0n) is 14.0. The SMILES string of the molecule is CCC(CC)N1C(=O)C(C(C)C)NC(=O)C1C(C)(C)C. The number of nitrogens with zero attached hydrogens (tertiary/aromatic N) is 1. The smallest absolute Gasteiger partial charge is 0.246 e. The van der Waals surface area contributed by atoms with Gasteiger partial charge in [-0.3, -0.25) is 9.59 Å². The predicted molar refractivity (Wildman–Crippen MR) is 81.2 cm³/mol. The first-order valence-corrected chi connectivity index (χ1v) is 7.77. The van der Waals surface area contributed by atoms with E-state index in [9.17, 15) is 9.59 Å². The Labute approximate surface area is 123 Å². The molecule has 1 rings (SSSR count). The lowest BCUT2D eigenvalue weighted by Gasteiger charge is -2.48. The zero-order valence-corrected chi connectivity index (χ0v) is 14.0. The molecule has 4 heteroatoms. The molecule has 0 radical (unpaired) electrons. The van der Waals surface area contributed by atoms with Gasteiger partial charge in [-0.2, -0.15) is 0 Å². The fraction of sp³-hybridized carbons (Fsp3) is 0.875. The Bertz CT molecular complexity index is 367. The van der Waals surface area contributed by atoms with Gasteiger partial charge in [0.1, 0.15) is 12.1 Å². The first kappa shape index (κ1) is 17.0. The summed E-state index contributed by atoms with van der Waals surface area (Å²) in [6.45, 7) is 14.2. The number of amides is 2. The van der Waals surface area contributed by atoms with Crippen LogP contribution in [-0.2, 0) is 9.59 Å². The molecule has 0 aromatic heterocycles. The molecular weight excluding hydrogens is 252 g/mol. The lowest BCUT2D eigenvalue weighted by molar-refractivity contribution is -0.158. The van der Waals surface area contributed by atoms with Crippen molar-refractivity contribution in [3.8, 4) is 0 Å². The Morgan fingerprint density at radius 2 is 1.65 bits per heavy atom. The van der Waals surface area contributed by atoms with Crippen molar-refractivity contribution in [1.29, 1.82) is 0 Å². The van der Waals surface area contributed by atoms with Crippen molar-refractivity contribution in [1.82, 2.24) is 10.2 Å². The fourth-order valence-corrected chi connectivity index (χ4v) is 3.04. The quantitative estimate of drug-likeness (QED) is 0.861. The van der Waals surface area contributed by atoms with E-state index in [1.54, 1.807) is 0 Å². The Hall–Kier alpha value is -1.06. The van der Waals surface area contributed by atoms with Gasteiger partial charge in [0.05, 0.1) is 0 Å². The first-order chi connectivity index (χ1) is 9.15. The number of rotatable bonds is 4. The Balaban J connectivity index is 3.23. The highest BCUT2D eigenvalue weighted by Crippen LogP contribution is 2.32. The number of hydrogen-bond acceptors (Lipinski definition) is 2. The van der Waals surface area contributed by atoms with Crippen LogP contribution in [0.3, 0.4) is 0 Å². The third-order valence-electron chi connectivity index (χ3n) is 4.17. The van der Waals surface area contributed by atoms with Gasteiger partial charge in [-0.25, -0.2) is 0 Å². The lowest BCUT2D eigenvalue weighted by Crippen LogP contribution is -2.69. The minimum Gasteiger partial charge on any atom is -0.342 e. The van der Waals surface area contributed by atoms with Crippen LogP contribution in [0.25, 0.3) is 0 Å². The summed E-state index contributed by atoms with van der Waals surface area (Å²) in [5.41, 5.74) is -0.260. The van der Waals surface area contributed by atoms with Crippen molar-refractivity contribution < 1.29 is 9.59 Å². The van der Waals surface area contributed by atoms with E-state index in [0.717, 1.165) is 12.8 Å². The van der Waals surface area contributed by atoms with Crippen LogP contribution in [0, 0.1) is 11.3 Å².